The van der Waals surface area contributed by atoms with Gasteiger partial charge in [0.25, 0.3) is 0 Å². The molecule has 0 aromatic heterocycles. The highest BCUT2D eigenvalue weighted by molar-refractivity contribution is 6.31. The van der Waals surface area contributed by atoms with Gasteiger partial charge in [-0.1, -0.05) is 61.6 Å². The van der Waals surface area contributed by atoms with Gasteiger partial charge in [0, 0.05) is 11.6 Å². The van der Waals surface area contributed by atoms with E-state index < -0.39 is 0 Å². The quantitative estimate of drug-likeness (QED) is 0.673. The first-order valence-electron chi connectivity index (χ1n) is 8.38. The third kappa shape index (κ3) is 5.16. The Labute approximate surface area is 134 Å². The van der Waals surface area contributed by atoms with Crippen molar-refractivity contribution in [2.45, 2.75) is 52.4 Å². The predicted molar refractivity (Wildman–Crippen MR) is 93.9 cm³/mol. The molecule has 0 atom stereocenters. The van der Waals surface area contributed by atoms with Gasteiger partial charge in [-0.3, -0.25) is 0 Å². The molecule has 1 nitrogen and oxygen atoms in total. The van der Waals surface area contributed by atoms with Crippen molar-refractivity contribution in [1.82, 2.24) is 5.32 Å². The average Bonchev–Trinajstić information content (AvgIpc) is 2.51. The third-order valence-corrected chi connectivity index (χ3v) is 4.84. The highest BCUT2D eigenvalue weighted by atomic mass is 35.5. The summed E-state index contributed by atoms with van der Waals surface area (Å²) in [4.78, 5) is 0. The van der Waals surface area contributed by atoms with Crippen LogP contribution in [0, 0.1) is 12.8 Å². The molecule has 0 radical (unpaired) electrons. The topological polar surface area (TPSA) is 12.0 Å². The van der Waals surface area contributed by atoms with Crippen LogP contribution < -0.4 is 5.32 Å². The second-order valence-corrected chi connectivity index (χ2v) is 6.65. The molecular weight excluding hydrogens is 278 g/mol. The highest BCUT2D eigenvalue weighted by Crippen LogP contribution is 2.31. The monoisotopic (exact) mass is 305 g/mol. The van der Waals surface area contributed by atoms with Crippen LogP contribution in [0.5, 0.6) is 0 Å². The number of halogens is 1. The zero-order valence-corrected chi connectivity index (χ0v) is 14.2. The molecule has 0 aliphatic heterocycles. The Morgan fingerprint density at radius 1 is 1.29 bits per heavy atom. The molecule has 0 amide bonds. The lowest BCUT2D eigenvalue weighted by atomic mass is 9.83. The lowest BCUT2D eigenvalue weighted by molar-refractivity contribution is 0.396. The molecule has 2 heteroatoms. The molecule has 1 aliphatic carbocycles. The maximum absolute atomic E-state index is 6.26. The summed E-state index contributed by atoms with van der Waals surface area (Å²) in [6.07, 6.45) is 10.4. The van der Waals surface area contributed by atoms with E-state index in [4.69, 9.17) is 11.6 Å². The van der Waals surface area contributed by atoms with Crippen LogP contribution in [0.2, 0.25) is 5.02 Å². The van der Waals surface area contributed by atoms with Gasteiger partial charge in [-0.05, 0) is 55.8 Å². The first-order chi connectivity index (χ1) is 10.2. The van der Waals surface area contributed by atoms with Crippen LogP contribution >= 0.6 is 11.6 Å². The van der Waals surface area contributed by atoms with Crippen LogP contribution in [0.25, 0.3) is 6.08 Å². The molecule has 1 N–H and O–H groups in total. The minimum Gasteiger partial charge on any atom is -0.313 e. The fourth-order valence-corrected chi connectivity index (χ4v) is 3.30. The molecule has 0 spiro atoms. The Hall–Kier alpha value is -0.790. The summed E-state index contributed by atoms with van der Waals surface area (Å²) in [6.45, 7) is 6.39. The lowest BCUT2D eigenvalue weighted by Gasteiger charge is -2.25. The Kier molecular flexibility index (Phi) is 6.79. The summed E-state index contributed by atoms with van der Waals surface area (Å²) >= 11 is 6.26. The molecule has 0 saturated heterocycles. The Morgan fingerprint density at radius 3 is 2.71 bits per heavy atom. The van der Waals surface area contributed by atoms with Gasteiger partial charge >= 0.3 is 0 Å². The minimum atomic E-state index is 0.753. The van der Waals surface area contributed by atoms with Crippen molar-refractivity contribution in [3.63, 3.8) is 0 Å². The van der Waals surface area contributed by atoms with E-state index in [9.17, 15) is 0 Å². The number of nitrogens with one attached hydrogen (secondary N) is 1. The predicted octanol–water partition coefficient (Wildman–Crippen LogP) is 5.61. The molecule has 116 valence electrons. The lowest BCUT2D eigenvalue weighted by Crippen LogP contribution is -2.23. The van der Waals surface area contributed by atoms with Crippen molar-refractivity contribution in [3.8, 4) is 0 Å². The van der Waals surface area contributed by atoms with Gasteiger partial charge in [0.15, 0.2) is 0 Å². The molecule has 1 aromatic carbocycles. The van der Waals surface area contributed by atoms with Gasteiger partial charge < -0.3 is 5.32 Å². The van der Waals surface area contributed by atoms with Crippen molar-refractivity contribution in [2.75, 3.05) is 13.1 Å². The van der Waals surface area contributed by atoms with E-state index in [1.807, 2.05) is 0 Å². The summed E-state index contributed by atoms with van der Waals surface area (Å²) in [5.74, 6) is 0.753. The van der Waals surface area contributed by atoms with E-state index in [-0.39, 0.29) is 0 Å². The zero-order chi connectivity index (χ0) is 15.1. The Morgan fingerprint density at radius 2 is 2.05 bits per heavy atom. The van der Waals surface area contributed by atoms with E-state index in [0.29, 0.717) is 0 Å². The number of rotatable bonds is 6. The van der Waals surface area contributed by atoms with Crippen molar-refractivity contribution in [2.24, 2.45) is 5.92 Å². The van der Waals surface area contributed by atoms with E-state index in [2.05, 4.69) is 43.4 Å². The molecule has 1 saturated carbocycles. The number of benzene rings is 1. The molecule has 1 fully saturated rings. The van der Waals surface area contributed by atoms with Gasteiger partial charge in [0.2, 0.25) is 0 Å². The molecular formula is C19H28ClN. The maximum Gasteiger partial charge on any atom is 0.0441 e. The van der Waals surface area contributed by atoms with Gasteiger partial charge in [0.1, 0.15) is 0 Å². The van der Waals surface area contributed by atoms with Gasteiger partial charge in [0.05, 0.1) is 0 Å². The van der Waals surface area contributed by atoms with Crippen molar-refractivity contribution in [3.05, 3.63) is 39.9 Å². The first-order valence-corrected chi connectivity index (χ1v) is 8.76. The molecule has 1 aromatic rings. The summed E-state index contributed by atoms with van der Waals surface area (Å²) in [5, 5.41) is 4.45. The molecule has 21 heavy (non-hydrogen) atoms. The smallest absolute Gasteiger partial charge is 0.0441 e. The summed E-state index contributed by atoms with van der Waals surface area (Å²) in [7, 11) is 0. The SMILES string of the molecule is CCCNC/C(=C/c1ccc(C)c(Cl)c1)C1CCCCC1. The number of hydrogen-bond donors (Lipinski definition) is 1. The summed E-state index contributed by atoms with van der Waals surface area (Å²) < 4.78 is 0. The Bertz CT molecular complexity index is 472. The molecule has 0 unspecified atom stereocenters. The molecule has 2 rings (SSSR count). The van der Waals surface area contributed by atoms with Crippen LogP contribution in [-0.4, -0.2) is 13.1 Å². The standard InChI is InChI=1S/C19H28ClN/c1-3-11-21-14-18(17-7-5-4-6-8-17)12-16-10-9-15(2)19(20)13-16/h9-10,12-13,17,21H,3-8,11,14H2,1-2H3/b18-12-. The van der Waals surface area contributed by atoms with E-state index in [0.717, 1.165) is 29.6 Å². The minimum absolute atomic E-state index is 0.753. The van der Waals surface area contributed by atoms with Crippen LogP contribution in [0.3, 0.4) is 0 Å². The second kappa shape index (κ2) is 8.60. The molecule has 1 aliphatic rings. The van der Waals surface area contributed by atoms with Gasteiger partial charge in [-0.25, -0.2) is 0 Å². The van der Waals surface area contributed by atoms with E-state index in [1.165, 1.54) is 44.1 Å². The van der Waals surface area contributed by atoms with Gasteiger partial charge in [-0.2, -0.15) is 0 Å². The highest BCUT2D eigenvalue weighted by Gasteiger charge is 2.17. The summed E-state index contributed by atoms with van der Waals surface area (Å²) in [6, 6.07) is 6.40. The molecule has 0 bridgehead atoms. The Balaban J connectivity index is 2.15. The third-order valence-electron chi connectivity index (χ3n) is 4.43. The normalized spacial score (nSPS) is 17.2. The maximum atomic E-state index is 6.26. The van der Waals surface area contributed by atoms with E-state index >= 15 is 0 Å². The van der Waals surface area contributed by atoms with Crippen LogP contribution in [0.15, 0.2) is 23.8 Å². The largest absolute Gasteiger partial charge is 0.313 e. The van der Waals surface area contributed by atoms with Crippen LogP contribution in [-0.2, 0) is 0 Å². The fourth-order valence-electron chi connectivity index (χ4n) is 3.11. The van der Waals surface area contributed by atoms with Crippen molar-refractivity contribution in [1.29, 1.82) is 0 Å². The summed E-state index contributed by atoms with van der Waals surface area (Å²) in [5.41, 5.74) is 3.95. The fraction of sp³-hybridized carbons (Fsp3) is 0.579. The molecule has 0 heterocycles. The van der Waals surface area contributed by atoms with Crippen LogP contribution in [0.1, 0.15) is 56.6 Å². The van der Waals surface area contributed by atoms with Crippen molar-refractivity contribution >= 4 is 17.7 Å². The van der Waals surface area contributed by atoms with Crippen LogP contribution in [0.4, 0.5) is 0 Å². The zero-order valence-electron chi connectivity index (χ0n) is 13.4. The first kappa shape index (κ1) is 16.6. The van der Waals surface area contributed by atoms with E-state index in [1.54, 1.807) is 5.57 Å². The average molecular weight is 306 g/mol. The number of aryl methyl sites for hydroxylation is 1. The second-order valence-electron chi connectivity index (χ2n) is 6.24. The van der Waals surface area contributed by atoms with Crippen molar-refractivity contribution < 1.29 is 0 Å². The number of hydrogen-bond acceptors (Lipinski definition) is 1. The van der Waals surface area contributed by atoms with Gasteiger partial charge in [-0.15, -0.1) is 0 Å².